The lowest BCUT2D eigenvalue weighted by atomic mass is 10.2. The summed E-state index contributed by atoms with van der Waals surface area (Å²) in [5.41, 5.74) is 0.798. The van der Waals surface area contributed by atoms with Crippen LogP contribution in [-0.4, -0.2) is 29.3 Å². The Hall–Kier alpha value is -0.540. The van der Waals surface area contributed by atoms with Crippen molar-refractivity contribution in [2.75, 3.05) is 12.4 Å². The molecule has 0 bridgehead atoms. The van der Waals surface area contributed by atoms with E-state index in [9.17, 15) is 4.79 Å². The van der Waals surface area contributed by atoms with Crippen LogP contribution in [0.4, 0.5) is 0 Å². The van der Waals surface area contributed by atoms with Crippen molar-refractivity contribution in [3.8, 4) is 0 Å². The van der Waals surface area contributed by atoms with Gasteiger partial charge in [-0.15, -0.1) is 11.6 Å². The molecule has 2 rings (SSSR count). The summed E-state index contributed by atoms with van der Waals surface area (Å²) in [6, 6.07) is 2.11. The molecule has 1 atom stereocenters. The van der Waals surface area contributed by atoms with E-state index in [0.29, 0.717) is 5.88 Å². The topological polar surface area (TPSA) is 20.3 Å². The van der Waals surface area contributed by atoms with Crippen molar-refractivity contribution in [3.63, 3.8) is 0 Å². The normalized spacial score (nSPS) is 21.5. The molecule has 1 fully saturated rings. The Morgan fingerprint density at radius 1 is 1.71 bits per heavy atom. The smallest absolute Gasteiger partial charge is 0.254 e. The second kappa shape index (κ2) is 4.32. The van der Waals surface area contributed by atoms with Crippen LogP contribution in [-0.2, 0) is 0 Å². The summed E-state index contributed by atoms with van der Waals surface area (Å²) < 4.78 is 0. The number of alkyl halides is 1. The van der Waals surface area contributed by atoms with Gasteiger partial charge < -0.3 is 4.90 Å². The van der Waals surface area contributed by atoms with Crippen molar-refractivity contribution in [1.29, 1.82) is 0 Å². The fourth-order valence-electron chi connectivity index (χ4n) is 1.82. The molecule has 0 N–H and O–H groups in total. The summed E-state index contributed by atoms with van der Waals surface area (Å²) >= 11 is 7.37. The second-order valence-electron chi connectivity index (χ2n) is 3.46. The molecule has 1 amide bonds. The van der Waals surface area contributed by atoms with Crippen LogP contribution >= 0.6 is 22.9 Å². The monoisotopic (exact) mass is 229 g/mol. The van der Waals surface area contributed by atoms with Crippen molar-refractivity contribution in [2.45, 2.75) is 18.9 Å². The van der Waals surface area contributed by atoms with Crippen molar-refractivity contribution in [1.82, 2.24) is 4.90 Å². The van der Waals surface area contributed by atoms with E-state index >= 15 is 0 Å². The molecule has 0 aliphatic carbocycles. The highest BCUT2D eigenvalue weighted by atomic mass is 35.5. The fourth-order valence-corrected chi connectivity index (χ4v) is 2.77. The van der Waals surface area contributed by atoms with Crippen molar-refractivity contribution >= 4 is 28.8 Å². The Balaban J connectivity index is 2.11. The van der Waals surface area contributed by atoms with Gasteiger partial charge in [0.05, 0.1) is 5.56 Å². The molecule has 1 aromatic rings. The zero-order valence-corrected chi connectivity index (χ0v) is 9.35. The highest BCUT2D eigenvalue weighted by Gasteiger charge is 2.28. The van der Waals surface area contributed by atoms with Crippen LogP contribution in [0.1, 0.15) is 23.2 Å². The molecule has 0 spiro atoms. The Morgan fingerprint density at radius 2 is 2.57 bits per heavy atom. The minimum atomic E-state index is 0.134. The quantitative estimate of drug-likeness (QED) is 0.714. The Morgan fingerprint density at radius 3 is 3.21 bits per heavy atom. The van der Waals surface area contributed by atoms with Gasteiger partial charge in [0, 0.05) is 23.8 Å². The van der Waals surface area contributed by atoms with Gasteiger partial charge in [-0.05, 0) is 24.3 Å². The maximum absolute atomic E-state index is 12.0. The number of hydrogen-bond acceptors (Lipinski definition) is 2. The first kappa shape index (κ1) is 9.99. The summed E-state index contributed by atoms with van der Waals surface area (Å²) in [7, 11) is 0. The maximum atomic E-state index is 12.0. The minimum Gasteiger partial charge on any atom is -0.334 e. The molecule has 0 aromatic carbocycles. The standard InChI is InChI=1S/C10H12ClNOS/c11-6-9-2-1-4-12(9)10(13)8-3-5-14-7-8/h3,5,7,9H,1-2,4,6H2. The predicted molar refractivity (Wildman–Crippen MR) is 59.1 cm³/mol. The molecule has 2 heterocycles. The van der Waals surface area contributed by atoms with Crippen LogP contribution in [0.5, 0.6) is 0 Å². The summed E-state index contributed by atoms with van der Waals surface area (Å²) in [6.45, 7) is 0.853. The molecule has 1 aliphatic rings. The van der Waals surface area contributed by atoms with E-state index < -0.39 is 0 Å². The minimum absolute atomic E-state index is 0.134. The van der Waals surface area contributed by atoms with E-state index in [1.165, 1.54) is 0 Å². The van der Waals surface area contributed by atoms with Gasteiger partial charge >= 0.3 is 0 Å². The Labute approximate surface area is 92.5 Å². The molecule has 1 saturated heterocycles. The number of hydrogen-bond donors (Lipinski definition) is 0. The first-order valence-electron chi connectivity index (χ1n) is 4.72. The average Bonchev–Trinajstić information content (AvgIpc) is 2.87. The lowest BCUT2D eigenvalue weighted by Crippen LogP contribution is -2.36. The van der Waals surface area contributed by atoms with E-state index in [4.69, 9.17) is 11.6 Å². The number of rotatable bonds is 2. The molecular weight excluding hydrogens is 218 g/mol. The fraction of sp³-hybridized carbons (Fsp3) is 0.500. The predicted octanol–water partition coefficient (Wildman–Crippen LogP) is 2.59. The summed E-state index contributed by atoms with van der Waals surface area (Å²) in [5.74, 6) is 0.685. The second-order valence-corrected chi connectivity index (χ2v) is 4.55. The largest absolute Gasteiger partial charge is 0.334 e. The Bertz CT molecular complexity index is 312. The molecule has 1 unspecified atom stereocenters. The summed E-state index contributed by atoms with van der Waals surface area (Å²) in [4.78, 5) is 13.8. The van der Waals surface area contributed by atoms with Gasteiger partial charge in [0.1, 0.15) is 0 Å². The van der Waals surface area contributed by atoms with Gasteiger partial charge in [0.15, 0.2) is 0 Å². The average molecular weight is 230 g/mol. The van der Waals surface area contributed by atoms with Crippen LogP contribution in [0.2, 0.25) is 0 Å². The number of amides is 1. The molecular formula is C10H12ClNOS. The molecule has 76 valence electrons. The zero-order valence-electron chi connectivity index (χ0n) is 7.78. The summed E-state index contributed by atoms with van der Waals surface area (Å²) in [6.07, 6.45) is 2.12. The number of carbonyl (C=O) groups is 1. The number of likely N-dealkylation sites (tertiary alicyclic amines) is 1. The number of carbonyl (C=O) groups excluding carboxylic acids is 1. The third-order valence-corrected chi connectivity index (χ3v) is 3.62. The van der Waals surface area contributed by atoms with Crippen LogP contribution in [0.3, 0.4) is 0 Å². The molecule has 1 aromatic heterocycles. The van der Waals surface area contributed by atoms with E-state index in [1.54, 1.807) is 11.3 Å². The van der Waals surface area contributed by atoms with E-state index in [-0.39, 0.29) is 11.9 Å². The molecule has 4 heteroatoms. The van der Waals surface area contributed by atoms with Crippen LogP contribution in [0.25, 0.3) is 0 Å². The molecule has 14 heavy (non-hydrogen) atoms. The SMILES string of the molecule is O=C(c1ccsc1)N1CCCC1CCl. The lowest BCUT2D eigenvalue weighted by Gasteiger charge is -2.22. The van der Waals surface area contributed by atoms with Gasteiger partial charge in [-0.3, -0.25) is 4.79 Å². The molecule has 0 radical (unpaired) electrons. The van der Waals surface area contributed by atoms with E-state index in [1.807, 2.05) is 21.7 Å². The van der Waals surface area contributed by atoms with Gasteiger partial charge in [-0.2, -0.15) is 11.3 Å². The molecule has 1 aliphatic heterocycles. The van der Waals surface area contributed by atoms with Crippen molar-refractivity contribution in [2.24, 2.45) is 0 Å². The number of halogens is 1. The highest BCUT2D eigenvalue weighted by molar-refractivity contribution is 7.08. The van der Waals surface area contributed by atoms with E-state index in [2.05, 4.69) is 0 Å². The highest BCUT2D eigenvalue weighted by Crippen LogP contribution is 2.21. The van der Waals surface area contributed by atoms with Crippen LogP contribution in [0, 0.1) is 0 Å². The van der Waals surface area contributed by atoms with Crippen LogP contribution in [0.15, 0.2) is 16.8 Å². The lowest BCUT2D eigenvalue weighted by molar-refractivity contribution is 0.0750. The van der Waals surface area contributed by atoms with Gasteiger partial charge in [0.2, 0.25) is 0 Å². The van der Waals surface area contributed by atoms with E-state index in [0.717, 1.165) is 24.9 Å². The van der Waals surface area contributed by atoms with Gasteiger partial charge in [-0.1, -0.05) is 0 Å². The van der Waals surface area contributed by atoms with Gasteiger partial charge in [0.25, 0.3) is 5.91 Å². The van der Waals surface area contributed by atoms with Crippen LogP contribution < -0.4 is 0 Å². The third-order valence-electron chi connectivity index (χ3n) is 2.58. The summed E-state index contributed by atoms with van der Waals surface area (Å²) in [5, 5.41) is 3.82. The Kier molecular flexibility index (Phi) is 3.08. The molecule has 0 saturated carbocycles. The first-order chi connectivity index (χ1) is 6.83. The maximum Gasteiger partial charge on any atom is 0.254 e. The first-order valence-corrected chi connectivity index (χ1v) is 6.20. The van der Waals surface area contributed by atoms with Crippen molar-refractivity contribution < 1.29 is 4.79 Å². The van der Waals surface area contributed by atoms with Gasteiger partial charge in [-0.25, -0.2) is 0 Å². The van der Waals surface area contributed by atoms with Crippen molar-refractivity contribution in [3.05, 3.63) is 22.4 Å². The molecule has 2 nitrogen and oxygen atoms in total. The third kappa shape index (κ3) is 1.79. The number of nitrogens with zero attached hydrogens (tertiary/aromatic N) is 1. The number of thiophene rings is 1. The zero-order chi connectivity index (χ0) is 9.97.